The summed E-state index contributed by atoms with van der Waals surface area (Å²) in [5.74, 6) is 2.75. The van der Waals surface area contributed by atoms with E-state index < -0.39 is 0 Å². The lowest BCUT2D eigenvalue weighted by molar-refractivity contribution is 0.635. The van der Waals surface area contributed by atoms with Gasteiger partial charge in [0.25, 0.3) is 5.78 Å². The van der Waals surface area contributed by atoms with Crippen LogP contribution >= 0.6 is 11.6 Å². The number of piperazine rings is 1. The summed E-state index contributed by atoms with van der Waals surface area (Å²) < 4.78 is 2.00. The Morgan fingerprint density at radius 1 is 0.909 bits per heavy atom. The number of hydrogen-bond donors (Lipinski definition) is 0. The van der Waals surface area contributed by atoms with Gasteiger partial charge in [0.05, 0.1) is 5.69 Å². The average molecular weight is 459 g/mol. The molecular formula is C26H27ClN6. The summed E-state index contributed by atoms with van der Waals surface area (Å²) in [4.78, 5) is 14.6. The molecule has 3 heterocycles. The number of nitrogens with zero attached hydrogens (tertiary/aromatic N) is 6. The summed E-state index contributed by atoms with van der Waals surface area (Å²) in [5, 5.41) is 5.73. The lowest BCUT2D eigenvalue weighted by Crippen LogP contribution is -2.47. The lowest BCUT2D eigenvalue weighted by Gasteiger charge is -2.38. The second-order valence-electron chi connectivity index (χ2n) is 9.07. The standard InChI is InChI=1S/C26H27ClN6/c1-18-8-10-19(11-9-18)16-24-29-26-28-23-7-3-6-22(23)25(33(26)30-24)32-14-12-31(13-15-32)21-5-2-4-20(27)17-21/h2,4-5,8-11,17H,3,6-7,12-16H2,1H3. The SMILES string of the molecule is Cc1ccc(Cc2nc3nc4c(c(N5CCN(c6cccc(Cl)c6)CC5)n3n2)CCC4)cc1. The first kappa shape index (κ1) is 20.5. The van der Waals surface area contributed by atoms with Crippen molar-refractivity contribution in [1.82, 2.24) is 19.6 Å². The molecule has 33 heavy (non-hydrogen) atoms. The maximum atomic E-state index is 6.22. The quantitative estimate of drug-likeness (QED) is 0.451. The highest BCUT2D eigenvalue weighted by molar-refractivity contribution is 6.30. The van der Waals surface area contributed by atoms with E-state index in [0.717, 1.165) is 68.5 Å². The molecule has 0 bridgehead atoms. The molecular weight excluding hydrogens is 432 g/mol. The van der Waals surface area contributed by atoms with E-state index in [4.69, 9.17) is 26.7 Å². The minimum absolute atomic E-state index is 0.719. The van der Waals surface area contributed by atoms with Gasteiger partial charge in [-0.25, -0.2) is 4.98 Å². The zero-order chi connectivity index (χ0) is 22.4. The first-order chi connectivity index (χ1) is 16.1. The van der Waals surface area contributed by atoms with Crippen LogP contribution in [0.3, 0.4) is 0 Å². The van der Waals surface area contributed by atoms with Crippen molar-refractivity contribution in [3.8, 4) is 0 Å². The Balaban J connectivity index is 1.31. The van der Waals surface area contributed by atoms with Crippen LogP contribution in [0.25, 0.3) is 5.78 Å². The Morgan fingerprint density at radius 3 is 2.48 bits per heavy atom. The van der Waals surface area contributed by atoms with Crippen LogP contribution in [0.15, 0.2) is 48.5 Å². The van der Waals surface area contributed by atoms with Crippen molar-refractivity contribution >= 4 is 28.9 Å². The van der Waals surface area contributed by atoms with Crippen LogP contribution < -0.4 is 9.80 Å². The maximum absolute atomic E-state index is 6.22. The van der Waals surface area contributed by atoms with E-state index in [1.54, 1.807) is 0 Å². The fraction of sp³-hybridized carbons (Fsp3) is 0.346. The third-order valence-corrected chi connectivity index (χ3v) is 7.00. The van der Waals surface area contributed by atoms with Gasteiger partial charge in [-0.2, -0.15) is 9.50 Å². The van der Waals surface area contributed by atoms with E-state index in [-0.39, 0.29) is 0 Å². The van der Waals surface area contributed by atoms with Gasteiger partial charge < -0.3 is 9.80 Å². The normalized spacial score (nSPS) is 15.9. The number of fused-ring (bicyclic) bond motifs is 2. The number of halogens is 1. The molecule has 0 radical (unpaired) electrons. The van der Waals surface area contributed by atoms with Gasteiger partial charge in [-0.1, -0.05) is 47.5 Å². The molecule has 168 valence electrons. The molecule has 6 nitrogen and oxygen atoms in total. The van der Waals surface area contributed by atoms with Gasteiger partial charge in [0.2, 0.25) is 0 Å². The van der Waals surface area contributed by atoms with Crippen LogP contribution in [0.1, 0.15) is 34.6 Å². The highest BCUT2D eigenvalue weighted by Crippen LogP contribution is 2.32. The molecule has 6 rings (SSSR count). The summed E-state index contributed by atoms with van der Waals surface area (Å²) in [6, 6.07) is 16.7. The van der Waals surface area contributed by atoms with Crippen LogP contribution in [-0.2, 0) is 19.3 Å². The second kappa shape index (κ2) is 8.34. The number of aromatic nitrogens is 4. The molecule has 2 aromatic carbocycles. The van der Waals surface area contributed by atoms with Crippen LogP contribution in [0, 0.1) is 6.92 Å². The summed E-state index contributed by atoms with van der Waals surface area (Å²) >= 11 is 6.22. The summed E-state index contributed by atoms with van der Waals surface area (Å²) in [5.41, 5.74) is 6.22. The number of benzene rings is 2. The van der Waals surface area contributed by atoms with Crippen molar-refractivity contribution in [2.24, 2.45) is 0 Å². The molecule has 1 saturated heterocycles. The number of aryl methyl sites for hydroxylation is 2. The molecule has 1 aliphatic heterocycles. The zero-order valence-electron chi connectivity index (χ0n) is 18.8. The van der Waals surface area contributed by atoms with E-state index in [0.29, 0.717) is 0 Å². The van der Waals surface area contributed by atoms with Gasteiger partial charge in [-0.3, -0.25) is 0 Å². The maximum Gasteiger partial charge on any atom is 0.254 e. The van der Waals surface area contributed by atoms with Crippen LogP contribution in [0.5, 0.6) is 0 Å². The van der Waals surface area contributed by atoms with Gasteiger partial charge in [-0.05, 0) is 49.9 Å². The Hall–Kier alpha value is -3.12. The molecule has 2 aromatic heterocycles. The Morgan fingerprint density at radius 2 is 1.70 bits per heavy atom. The van der Waals surface area contributed by atoms with Gasteiger partial charge in [0.15, 0.2) is 5.82 Å². The second-order valence-corrected chi connectivity index (χ2v) is 9.51. The predicted molar refractivity (Wildman–Crippen MR) is 133 cm³/mol. The third kappa shape index (κ3) is 3.93. The number of hydrogen-bond acceptors (Lipinski definition) is 5. The first-order valence-corrected chi connectivity index (χ1v) is 12.1. The smallest absolute Gasteiger partial charge is 0.254 e. The Labute approximate surface area is 198 Å². The molecule has 4 aromatic rings. The number of anilines is 2. The Bertz CT molecular complexity index is 1300. The van der Waals surface area contributed by atoms with E-state index in [2.05, 4.69) is 47.1 Å². The molecule has 0 N–H and O–H groups in total. The molecule has 0 saturated carbocycles. The van der Waals surface area contributed by atoms with Crippen LogP contribution in [0.4, 0.5) is 11.5 Å². The molecule has 0 unspecified atom stereocenters. The minimum atomic E-state index is 0.719. The van der Waals surface area contributed by atoms with Crippen LogP contribution in [0.2, 0.25) is 5.02 Å². The van der Waals surface area contributed by atoms with Gasteiger partial charge >= 0.3 is 0 Å². The van der Waals surface area contributed by atoms with Gasteiger partial charge in [0.1, 0.15) is 5.82 Å². The highest BCUT2D eigenvalue weighted by Gasteiger charge is 2.28. The fourth-order valence-corrected chi connectivity index (χ4v) is 5.22. The van der Waals surface area contributed by atoms with E-state index in [1.807, 2.05) is 22.7 Å². The van der Waals surface area contributed by atoms with Gasteiger partial charge in [0, 0.05) is 48.9 Å². The summed E-state index contributed by atoms with van der Waals surface area (Å²) in [7, 11) is 0. The third-order valence-electron chi connectivity index (χ3n) is 6.76. The number of rotatable bonds is 4. The lowest BCUT2D eigenvalue weighted by atomic mass is 10.1. The molecule has 1 fully saturated rings. The highest BCUT2D eigenvalue weighted by atomic mass is 35.5. The first-order valence-electron chi connectivity index (χ1n) is 11.7. The van der Waals surface area contributed by atoms with Crippen molar-refractivity contribution in [1.29, 1.82) is 0 Å². The average Bonchev–Trinajstić information content (AvgIpc) is 3.45. The van der Waals surface area contributed by atoms with Crippen molar-refractivity contribution in [3.05, 3.63) is 81.8 Å². The molecule has 0 atom stereocenters. The molecule has 2 aliphatic rings. The van der Waals surface area contributed by atoms with Crippen molar-refractivity contribution in [3.63, 3.8) is 0 Å². The van der Waals surface area contributed by atoms with Crippen molar-refractivity contribution in [2.75, 3.05) is 36.0 Å². The topological polar surface area (TPSA) is 49.6 Å². The van der Waals surface area contributed by atoms with Gasteiger partial charge in [-0.15, -0.1) is 5.10 Å². The van der Waals surface area contributed by atoms with Crippen molar-refractivity contribution < 1.29 is 0 Å². The fourth-order valence-electron chi connectivity index (χ4n) is 5.04. The molecule has 0 spiro atoms. The van der Waals surface area contributed by atoms with Crippen LogP contribution in [-0.4, -0.2) is 45.8 Å². The van der Waals surface area contributed by atoms with E-state index in [9.17, 15) is 0 Å². The molecule has 1 aliphatic carbocycles. The zero-order valence-corrected chi connectivity index (χ0v) is 19.6. The minimum Gasteiger partial charge on any atom is -0.368 e. The largest absolute Gasteiger partial charge is 0.368 e. The van der Waals surface area contributed by atoms with E-state index >= 15 is 0 Å². The molecule has 0 amide bonds. The summed E-state index contributed by atoms with van der Waals surface area (Å²) in [6.45, 7) is 5.88. The van der Waals surface area contributed by atoms with E-state index in [1.165, 1.54) is 33.9 Å². The Kier molecular flexibility index (Phi) is 5.18. The predicted octanol–water partition coefficient (Wildman–Crippen LogP) is 4.49. The molecule has 7 heteroatoms. The monoisotopic (exact) mass is 458 g/mol. The van der Waals surface area contributed by atoms with Crippen molar-refractivity contribution in [2.45, 2.75) is 32.6 Å². The summed E-state index contributed by atoms with van der Waals surface area (Å²) in [6.07, 6.45) is 3.97.